The number of para-hydroxylation sites is 1. The molecule has 1 fully saturated rings. The molecule has 1 saturated carbocycles. The topological polar surface area (TPSA) is 21.3 Å². The minimum absolute atomic E-state index is 0.650. The molecule has 2 rings (SSSR count). The summed E-state index contributed by atoms with van der Waals surface area (Å²) in [5.41, 5.74) is 1.25. The van der Waals surface area contributed by atoms with Crippen LogP contribution in [0.3, 0.4) is 0 Å². The lowest BCUT2D eigenvalue weighted by Gasteiger charge is -2.10. The first kappa shape index (κ1) is 11.2. The van der Waals surface area contributed by atoms with Crippen molar-refractivity contribution in [1.82, 2.24) is 5.32 Å². The average molecular weight is 217 g/mol. The van der Waals surface area contributed by atoms with Gasteiger partial charge >= 0.3 is 0 Å². The van der Waals surface area contributed by atoms with E-state index >= 15 is 0 Å². The molecule has 16 heavy (non-hydrogen) atoms. The Morgan fingerprint density at radius 2 is 2.19 bits per heavy atom. The van der Waals surface area contributed by atoms with Crippen LogP contribution in [0.2, 0.25) is 0 Å². The van der Waals surface area contributed by atoms with Crippen molar-refractivity contribution in [3.63, 3.8) is 0 Å². The molecule has 0 saturated heterocycles. The number of rotatable bonds is 6. The molecular formula is C14H19NO. The van der Waals surface area contributed by atoms with Crippen molar-refractivity contribution in [3.8, 4) is 5.75 Å². The van der Waals surface area contributed by atoms with Gasteiger partial charge < -0.3 is 10.1 Å². The Morgan fingerprint density at radius 3 is 2.94 bits per heavy atom. The standard InChI is InChI=1S/C14H19NO/c1-2-3-10-16-14-7-5-4-6-12(14)11-15-13-8-9-13/h2-7,13,15H,8-11H2,1H3/b3-2+. The monoisotopic (exact) mass is 217 g/mol. The highest BCUT2D eigenvalue weighted by atomic mass is 16.5. The Hall–Kier alpha value is -1.28. The molecule has 0 aromatic heterocycles. The van der Waals surface area contributed by atoms with Crippen LogP contribution in [0.4, 0.5) is 0 Å². The van der Waals surface area contributed by atoms with Gasteiger partial charge in [0.25, 0.3) is 0 Å². The second-order valence-corrected chi connectivity index (χ2v) is 4.14. The Morgan fingerprint density at radius 1 is 1.38 bits per heavy atom. The fourth-order valence-corrected chi connectivity index (χ4v) is 1.57. The zero-order chi connectivity index (χ0) is 11.2. The number of hydrogen-bond acceptors (Lipinski definition) is 2. The van der Waals surface area contributed by atoms with Crippen LogP contribution in [-0.2, 0) is 6.54 Å². The molecule has 86 valence electrons. The van der Waals surface area contributed by atoms with Gasteiger partial charge in [0, 0.05) is 18.2 Å². The molecule has 0 atom stereocenters. The fourth-order valence-electron chi connectivity index (χ4n) is 1.57. The molecule has 2 heteroatoms. The van der Waals surface area contributed by atoms with E-state index < -0.39 is 0 Å². The minimum atomic E-state index is 0.650. The molecule has 1 aliphatic rings. The SMILES string of the molecule is C/C=C/COc1ccccc1CNC1CC1. The number of nitrogens with one attached hydrogen (secondary N) is 1. The Bertz CT molecular complexity index is 356. The molecule has 0 unspecified atom stereocenters. The number of hydrogen-bond donors (Lipinski definition) is 1. The van der Waals surface area contributed by atoms with E-state index in [-0.39, 0.29) is 0 Å². The summed E-state index contributed by atoms with van der Waals surface area (Å²) in [6.45, 7) is 3.57. The first-order chi connectivity index (χ1) is 7.90. The molecule has 1 aliphatic carbocycles. The summed E-state index contributed by atoms with van der Waals surface area (Å²) in [5, 5.41) is 3.51. The van der Waals surface area contributed by atoms with Crippen LogP contribution in [0.1, 0.15) is 25.3 Å². The normalized spacial score (nSPS) is 15.6. The van der Waals surface area contributed by atoms with E-state index in [0.29, 0.717) is 6.61 Å². The van der Waals surface area contributed by atoms with E-state index in [9.17, 15) is 0 Å². The Kier molecular flexibility index (Phi) is 4.00. The Balaban J connectivity index is 1.92. The summed E-state index contributed by atoms with van der Waals surface area (Å²) >= 11 is 0. The van der Waals surface area contributed by atoms with Crippen LogP contribution in [0, 0.1) is 0 Å². The van der Waals surface area contributed by atoms with Crippen LogP contribution in [0.15, 0.2) is 36.4 Å². The van der Waals surface area contributed by atoms with E-state index in [4.69, 9.17) is 4.74 Å². The summed E-state index contributed by atoms with van der Waals surface area (Å²) in [7, 11) is 0. The molecule has 0 bridgehead atoms. The highest BCUT2D eigenvalue weighted by Gasteiger charge is 2.20. The van der Waals surface area contributed by atoms with Crippen molar-refractivity contribution in [3.05, 3.63) is 42.0 Å². The molecule has 0 amide bonds. The van der Waals surface area contributed by atoms with Gasteiger partial charge in [-0.15, -0.1) is 0 Å². The van der Waals surface area contributed by atoms with Gasteiger partial charge in [-0.05, 0) is 25.8 Å². The van der Waals surface area contributed by atoms with Gasteiger partial charge in [0.2, 0.25) is 0 Å². The maximum Gasteiger partial charge on any atom is 0.124 e. The van der Waals surface area contributed by atoms with Gasteiger partial charge in [-0.3, -0.25) is 0 Å². The predicted octanol–water partition coefficient (Wildman–Crippen LogP) is 2.89. The first-order valence-corrected chi connectivity index (χ1v) is 5.95. The van der Waals surface area contributed by atoms with E-state index in [1.54, 1.807) is 0 Å². The predicted molar refractivity (Wildman–Crippen MR) is 66.6 cm³/mol. The maximum atomic E-state index is 5.70. The molecule has 0 radical (unpaired) electrons. The van der Waals surface area contributed by atoms with Gasteiger partial charge in [-0.1, -0.05) is 30.4 Å². The van der Waals surface area contributed by atoms with Crippen molar-refractivity contribution in [2.45, 2.75) is 32.4 Å². The van der Waals surface area contributed by atoms with Gasteiger partial charge in [0.05, 0.1) is 0 Å². The minimum Gasteiger partial charge on any atom is -0.489 e. The third-order valence-electron chi connectivity index (χ3n) is 2.70. The van der Waals surface area contributed by atoms with Crippen LogP contribution in [0.5, 0.6) is 5.75 Å². The van der Waals surface area contributed by atoms with Gasteiger partial charge in [0.1, 0.15) is 12.4 Å². The number of allylic oxidation sites excluding steroid dienone is 1. The van der Waals surface area contributed by atoms with Crippen LogP contribution >= 0.6 is 0 Å². The lowest BCUT2D eigenvalue weighted by Crippen LogP contribution is -2.16. The van der Waals surface area contributed by atoms with E-state index in [2.05, 4.69) is 17.4 Å². The number of benzene rings is 1. The Labute approximate surface area is 97.3 Å². The summed E-state index contributed by atoms with van der Waals surface area (Å²) in [4.78, 5) is 0. The number of ether oxygens (including phenoxy) is 1. The van der Waals surface area contributed by atoms with Crippen molar-refractivity contribution in [1.29, 1.82) is 0 Å². The van der Waals surface area contributed by atoms with Crippen LogP contribution in [-0.4, -0.2) is 12.6 Å². The molecule has 0 spiro atoms. The lowest BCUT2D eigenvalue weighted by atomic mass is 10.2. The zero-order valence-electron chi connectivity index (χ0n) is 9.78. The van der Waals surface area contributed by atoms with Gasteiger partial charge in [-0.25, -0.2) is 0 Å². The second-order valence-electron chi connectivity index (χ2n) is 4.14. The molecule has 1 aromatic rings. The van der Waals surface area contributed by atoms with Crippen molar-refractivity contribution in [2.75, 3.05) is 6.61 Å². The fraction of sp³-hybridized carbons (Fsp3) is 0.429. The third kappa shape index (κ3) is 3.38. The van der Waals surface area contributed by atoms with Crippen molar-refractivity contribution < 1.29 is 4.74 Å². The molecule has 2 nitrogen and oxygen atoms in total. The van der Waals surface area contributed by atoms with E-state index in [1.807, 2.05) is 31.2 Å². The highest BCUT2D eigenvalue weighted by molar-refractivity contribution is 5.33. The average Bonchev–Trinajstić information content (AvgIpc) is 3.12. The van der Waals surface area contributed by atoms with E-state index in [0.717, 1.165) is 18.3 Å². The zero-order valence-corrected chi connectivity index (χ0v) is 9.78. The third-order valence-corrected chi connectivity index (χ3v) is 2.70. The highest BCUT2D eigenvalue weighted by Crippen LogP contribution is 2.22. The molecular weight excluding hydrogens is 198 g/mol. The molecule has 0 heterocycles. The quantitative estimate of drug-likeness (QED) is 0.740. The van der Waals surface area contributed by atoms with Crippen molar-refractivity contribution >= 4 is 0 Å². The molecule has 1 aromatic carbocycles. The van der Waals surface area contributed by atoms with Crippen LogP contribution in [0.25, 0.3) is 0 Å². The second kappa shape index (κ2) is 5.71. The molecule has 1 N–H and O–H groups in total. The largest absolute Gasteiger partial charge is 0.489 e. The lowest BCUT2D eigenvalue weighted by molar-refractivity contribution is 0.357. The molecule has 0 aliphatic heterocycles. The summed E-state index contributed by atoms with van der Waals surface area (Å²) < 4.78 is 5.70. The van der Waals surface area contributed by atoms with E-state index in [1.165, 1.54) is 18.4 Å². The summed E-state index contributed by atoms with van der Waals surface area (Å²) in [6, 6.07) is 8.98. The van der Waals surface area contributed by atoms with Crippen molar-refractivity contribution in [2.24, 2.45) is 0 Å². The smallest absolute Gasteiger partial charge is 0.124 e. The first-order valence-electron chi connectivity index (χ1n) is 5.95. The van der Waals surface area contributed by atoms with Crippen LogP contribution < -0.4 is 10.1 Å². The maximum absolute atomic E-state index is 5.70. The summed E-state index contributed by atoms with van der Waals surface area (Å²) in [5.74, 6) is 0.994. The van der Waals surface area contributed by atoms with Gasteiger partial charge in [0.15, 0.2) is 0 Å². The summed E-state index contributed by atoms with van der Waals surface area (Å²) in [6.07, 6.45) is 6.67. The van der Waals surface area contributed by atoms with Gasteiger partial charge in [-0.2, -0.15) is 0 Å².